The lowest BCUT2D eigenvalue weighted by Crippen LogP contribution is -2.48. The molecule has 2 unspecified atom stereocenters. The van der Waals surface area contributed by atoms with E-state index in [1.54, 1.807) is 0 Å². The lowest BCUT2D eigenvalue weighted by atomic mass is 9.93. The van der Waals surface area contributed by atoms with E-state index in [9.17, 15) is 9.59 Å². The van der Waals surface area contributed by atoms with E-state index in [2.05, 4.69) is 5.32 Å². The van der Waals surface area contributed by atoms with Gasteiger partial charge in [-0.15, -0.1) is 0 Å². The highest BCUT2D eigenvalue weighted by Gasteiger charge is 2.56. The van der Waals surface area contributed by atoms with Crippen LogP contribution in [0.4, 0.5) is 10.5 Å². The molecule has 0 radical (unpaired) electrons. The summed E-state index contributed by atoms with van der Waals surface area (Å²) in [6.07, 6.45) is 7.33. The molecule has 1 N–H and O–H groups in total. The number of anilines is 1. The van der Waals surface area contributed by atoms with E-state index in [1.807, 2.05) is 60.1 Å². The van der Waals surface area contributed by atoms with Gasteiger partial charge in [0.05, 0.1) is 11.3 Å². The van der Waals surface area contributed by atoms with Crippen LogP contribution in [0, 0.1) is 5.92 Å². The number of carbonyl (C=O) groups is 2. The Morgan fingerprint density at radius 1 is 1.26 bits per heavy atom. The van der Waals surface area contributed by atoms with Crippen molar-refractivity contribution in [2.45, 2.75) is 51.2 Å². The topological polar surface area (TPSA) is 80.3 Å². The first-order chi connectivity index (χ1) is 17.0. The van der Waals surface area contributed by atoms with Crippen LogP contribution in [-0.4, -0.2) is 49.3 Å². The first-order valence-electron chi connectivity index (χ1n) is 12.5. The van der Waals surface area contributed by atoms with Crippen LogP contribution in [0.3, 0.4) is 0 Å². The fourth-order valence-corrected chi connectivity index (χ4v) is 5.78. The van der Waals surface area contributed by atoms with Gasteiger partial charge in [0, 0.05) is 37.7 Å². The second kappa shape index (κ2) is 8.36. The normalized spacial score (nSPS) is 26.6. The molecule has 5 aliphatic rings. The van der Waals surface area contributed by atoms with Crippen molar-refractivity contribution in [1.29, 1.82) is 0 Å². The molecule has 35 heavy (non-hydrogen) atoms. The van der Waals surface area contributed by atoms with Gasteiger partial charge in [0.2, 0.25) is 12.4 Å². The summed E-state index contributed by atoms with van der Waals surface area (Å²) in [5.74, 6) is 2.43. The largest absolute Gasteiger partial charge is 0.468 e. The Kier molecular flexibility index (Phi) is 5.27. The highest BCUT2D eigenvalue weighted by molar-refractivity contribution is 6.09. The number of ether oxygens (including phenoxy) is 3. The predicted molar refractivity (Wildman–Crippen MR) is 129 cm³/mol. The third kappa shape index (κ3) is 3.58. The first-order valence-corrected chi connectivity index (χ1v) is 12.5. The van der Waals surface area contributed by atoms with Crippen LogP contribution >= 0.6 is 0 Å². The Labute approximate surface area is 205 Å². The van der Waals surface area contributed by atoms with Crippen molar-refractivity contribution in [3.8, 4) is 0 Å². The van der Waals surface area contributed by atoms with E-state index in [4.69, 9.17) is 14.2 Å². The quantitative estimate of drug-likeness (QED) is 0.711. The van der Waals surface area contributed by atoms with Crippen LogP contribution in [0.25, 0.3) is 0 Å². The molecule has 1 spiro atoms. The molecular weight excluding hydrogens is 446 g/mol. The van der Waals surface area contributed by atoms with E-state index < -0.39 is 5.60 Å². The number of hydrogen-bond donors (Lipinski definition) is 1. The molecule has 184 valence electrons. The number of nitrogens with zero attached hydrogens (tertiary/aromatic N) is 2. The summed E-state index contributed by atoms with van der Waals surface area (Å²) in [6, 6.07) is 7.98. The van der Waals surface area contributed by atoms with E-state index in [0.29, 0.717) is 30.4 Å². The highest BCUT2D eigenvalue weighted by Crippen LogP contribution is 2.53. The van der Waals surface area contributed by atoms with Gasteiger partial charge >= 0.3 is 6.03 Å². The maximum absolute atomic E-state index is 14.0. The van der Waals surface area contributed by atoms with Crippen molar-refractivity contribution in [1.82, 2.24) is 10.2 Å². The smallest absolute Gasteiger partial charge is 0.317 e. The molecule has 1 aromatic rings. The van der Waals surface area contributed by atoms with Gasteiger partial charge in [-0.05, 0) is 57.2 Å². The summed E-state index contributed by atoms with van der Waals surface area (Å²) in [7, 11) is 0. The second-order valence-corrected chi connectivity index (χ2v) is 10.1. The fraction of sp³-hybridized carbons (Fsp3) is 0.481. The molecule has 3 amide bonds. The van der Waals surface area contributed by atoms with Gasteiger partial charge in [-0.1, -0.05) is 18.2 Å². The van der Waals surface area contributed by atoms with Crippen LogP contribution in [0.2, 0.25) is 0 Å². The number of urea groups is 1. The minimum Gasteiger partial charge on any atom is -0.468 e. The maximum atomic E-state index is 14.0. The molecule has 1 aliphatic carbocycles. The molecule has 1 aromatic carbocycles. The third-order valence-corrected chi connectivity index (χ3v) is 7.43. The van der Waals surface area contributed by atoms with Crippen LogP contribution in [-0.2, 0) is 24.6 Å². The number of nitrogens with one attached hydrogen (secondary N) is 1. The van der Waals surface area contributed by atoms with Gasteiger partial charge < -0.3 is 29.3 Å². The number of allylic oxidation sites excluding steroid dienone is 1. The molecule has 0 saturated carbocycles. The van der Waals surface area contributed by atoms with Gasteiger partial charge in [0.15, 0.2) is 5.76 Å². The Balaban J connectivity index is 1.22. The molecule has 8 nitrogen and oxygen atoms in total. The van der Waals surface area contributed by atoms with Gasteiger partial charge in [0.25, 0.3) is 5.91 Å². The highest BCUT2D eigenvalue weighted by atomic mass is 16.7. The van der Waals surface area contributed by atoms with E-state index in [0.717, 1.165) is 54.9 Å². The van der Waals surface area contributed by atoms with Crippen molar-refractivity contribution in [3.63, 3.8) is 0 Å². The Bertz CT molecular complexity index is 1170. The Hall–Kier alpha value is -3.42. The van der Waals surface area contributed by atoms with Gasteiger partial charge in [-0.2, -0.15) is 0 Å². The first kappa shape index (κ1) is 22.1. The number of benzene rings is 1. The summed E-state index contributed by atoms with van der Waals surface area (Å²) < 4.78 is 17.7. The maximum Gasteiger partial charge on any atom is 0.317 e. The molecule has 8 heteroatoms. The standard InChI is InChI=1S/C27H31N3O5/c1-17(2)28-26(32)29-12-5-6-18(15-29)11-13-30-21-8-4-3-7-20(21)27(25(30)31)14-19-22(35-27)9-10-23-24(19)34-16-33-23/h3-4,7-9,14,17-18H,5-6,10-13,15-16H2,1-2H3,(H,28,32). The van der Waals surface area contributed by atoms with Gasteiger partial charge in [-0.25, -0.2) is 4.79 Å². The molecule has 2 atom stereocenters. The van der Waals surface area contributed by atoms with Gasteiger partial charge in [-0.3, -0.25) is 4.79 Å². The van der Waals surface area contributed by atoms with Crippen molar-refractivity contribution in [2.75, 3.05) is 31.3 Å². The number of fused-ring (bicyclic) bond motifs is 4. The van der Waals surface area contributed by atoms with Crippen molar-refractivity contribution < 1.29 is 23.8 Å². The third-order valence-electron chi connectivity index (χ3n) is 7.43. The molecule has 6 rings (SSSR count). The zero-order valence-electron chi connectivity index (χ0n) is 20.2. The molecule has 0 aromatic heterocycles. The average Bonchev–Trinajstić information content (AvgIpc) is 3.54. The van der Waals surface area contributed by atoms with Crippen molar-refractivity contribution in [2.24, 2.45) is 5.92 Å². The predicted octanol–water partition coefficient (Wildman–Crippen LogP) is 3.91. The lowest BCUT2D eigenvalue weighted by Gasteiger charge is -2.34. The fourth-order valence-electron chi connectivity index (χ4n) is 5.78. The van der Waals surface area contributed by atoms with Crippen LogP contribution in [0.5, 0.6) is 0 Å². The Morgan fingerprint density at radius 3 is 2.97 bits per heavy atom. The molecule has 4 heterocycles. The zero-order chi connectivity index (χ0) is 24.2. The van der Waals surface area contributed by atoms with E-state index in [-0.39, 0.29) is 24.8 Å². The minimum atomic E-state index is -1.18. The van der Waals surface area contributed by atoms with Crippen molar-refractivity contribution in [3.05, 3.63) is 64.8 Å². The Morgan fingerprint density at radius 2 is 2.11 bits per heavy atom. The summed E-state index contributed by atoms with van der Waals surface area (Å²) in [6.45, 7) is 6.23. The number of rotatable bonds is 4. The number of likely N-dealkylation sites (tertiary alicyclic amines) is 1. The molecule has 0 bridgehead atoms. The number of hydrogen-bond acceptors (Lipinski definition) is 5. The number of piperidine rings is 1. The SMILES string of the molecule is CC(C)NC(=O)N1CCCC(CCN2C(=O)C3(C=C4C(=CCC5=C4OCO5)O3)c3ccccc32)C1. The van der Waals surface area contributed by atoms with Crippen LogP contribution in [0.1, 0.15) is 45.1 Å². The number of carbonyl (C=O) groups excluding carboxylic acids is 2. The molecular formula is C27H31N3O5. The molecule has 4 aliphatic heterocycles. The second-order valence-electron chi connectivity index (χ2n) is 10.1. The summed E-state index contributed by atoms with van der Waals surface area (Å²) in [5.41, 5.74) is 1.36. The molecule has 1 saturated heterocycles. The van der Waals surface area contributed by atoms with Crippen LogP contribution in [0.15, 0.2) is 59.3 Å². The monoisotopic (exact) mass is 477 g/mol. The summed E-state index contributed by atoms with van der Waals surface area (Å²) in [5, 5.41) is 2.99. The van der Waals surface area contributed by atoms with Crippen molar-refractivity contribution >= 4 is 17.6 Å². The van der Waals surface area contributed by atoms with Crippen LogP contribution < -0.4 is 10.2 Å². The minimum absolute atomic E-state index is 0.0000988. The summed E-state index contributed by atoms with van der Waals surface area (Å²) in [4.78, 5) is 30.2. The van der Waals surface area contributed by atoms with E-state index in [1.165, 1.54) is 0 Å². The summed E-state index contributed by atoms with van der Waals surface area (Å²) >= 11 is 0. The molecule has 1 fully saturated rings. The number of para-hydroxylation sites is 1. The average molecular weight is 478 g/mol. The van der Waals surface area contributed by atoms with Gasteiger partial charge in [0.1, 0.15) is 11.5 Å². The van der Waals surface area contributed by atoms with E-state index >= 15 is 0 Å². The number of amides is 3. The lowest BCUT2D eigenvalue weighted by molar-refractivity contribution is -0.132. The zero-order valence-corrected chi connectivity index (χ0v) is 20.2.